The molecule has 1 rings (SSSR count). The van der Waals surface area contributed by atoms with E-state index in [2.05, 4.69) is 20.7 Å². The molecule has 1 amide bonds. The van der Waals surface area contributed by atoms with Crippen LogP contribution in [0.25, 0.3) is 0 Å². The van der Waals surface area contributed by atoms with Gasteiger partial charge in [-0.3, -0.25) is 4.79 Å². The van der Waals surface area contributed by atoms with E-state index in [4.69, 9.17) is 5.73 Å². The zero-order chi connectivity index (χ0) is 5.98. The molecule has 0 unspecified atom stereocenters. The topological polar surface area (TPSA) is 92.5 Å². The van der Waals surface area contributed by atoms with Gasteiger partial charge in [0.15, 0.2) is 0 Å². The third kappa shape index (κ3) is 0.673. The molecule has 0 fully saturated rings. The number of nitrogens with zero attached hydrogens (tertiary/aromatic N) is 4. The highest BCUT2D eigenvalue weighted by Crippen LogP contribution is 2.01. The highest BCUT2D eigenvalue weighted by atomic mass is 16.1. The maximum Gasteiger partial charge on any atom is 0.268 e. The number of rotatable bonds is 1. The number of primary amides is 1. The SMILES string of the molecule is NC(=O)C1N=NN=N1. The Labute approximate surface area is 44.5 Å². The van der Waals surface area contributed by atoms with Crippen molar-refractivity contribution in [1.29, 1.82) is 0 Å². The molecule has 0 aromatic carbocycles. The Morgan fingerprint density at radius 2 is 1.88 bits per heavy atom. The van der Waals surface area contributed by atoms with Crippen LogP contribution in [0, 0.1) is 0 Å². The van der Waals surface area contributed by atoms with Crippen LogP contribution in [0.1, 0.15) is 0 Å². The Kier molecular flexibility index (Phi) is 0.991. The monoisotopic (exact) mass is 113 g/mol. The maximum absolute atomic E-state index is 10.1. The van der Waals surface area contributed by atoms with Crippen LogP contribution in [0.15, 0.2) is 20.7 Å². The molecule has 42 valence electrons. The lowest BCUT2D eigenvalue weighted by atomic mass is 10.5. The van der Waals surface area contributed by atoms with E-state index in [0.29, 0.717) is 0 Å². The molecule has 1 aliphatic rings. The summed E-state index contributed by atoms with van der Waals surface area (Å²) in [7, 11) is 0. The van der Waals surface area contributed by atoms with Gasteiger partial charge in [-0.05, 0) is 10.4 Å². The largest absolute Gasteiger partial charge is 0.366 e. The molecule has 0 bridgehead atoms. The summed E-state index contributed by atoms with van der Waals surface area (Å²) >= 11 is 0. The van der Waals surface area contributed by atoms with Gasteiger partial charge >= 0.3 is 0 Å². The van der Waals surface area contributed by atoms with Crippen LogP contribution in [0.2, 0.25) is 0 Å². The zero-order valence-corrected chi connectivity index (χ0v) is 3.85. The summed E-state index contributed by atoms with van der Waals surface area (Å²) in [5.41, 5.74) is 4.75. The van der Waals surface area contributed by atoms with Gasteiger partial charge < -0.3 is 5.73 Å². The minimum atomic E-state index is -0.880. The average molecular weight is 113 g/mol. The van der Waals surface area contributed by atoms with E-state index in [1.54, 1.807) is 0 Å². The fourth-order valence-corrected chi connectivity index (χ4v) is 0.281. The van der Waals surface area contributed by atoms with Crippen molar-refractivity contribution in [2.75, 3.05) is 0 Å². The molecule has 6 heteroatoms. The summed E-state index contributed by atoms with van der Waals surface area (Å²) in [6.45, 7) is 0. The van der Waals surface area contributed by atoms with Gasteiger partial charge in [-0.15, -0.1) is 10.2 Å². The molecule has 0 saturated heterocycles. The van der Waals surface area contributed by atoms with E-state index < -0.39 is 12.1 Å². The number of amides is 1. The first-order valence-electron chi connectivity index (χ1n) is 1.90. The summed E-state index contributed by atoms with van der Waals surface area (Å²) in [6, 6.07) is 0. The maximum atomic E-state index is 10.1. The van der Waals surface area contributed by atoms with Crippen molar-refractivity contribution in [3.05, 3.63) is 0 Å². The minimum absolute atomic E-state index is 0.630. The predicted molar refractivity (Wildman–Crippen MR) is 22.7 cm³/mol. The fourth-order valence-electron chi connectivity index (χ4n) is 0.281. The lowest BCUT2D eigenvalue weighted by Crippen LogP contribution is -2.23. The summed E-state index contributed by atoms with van der Waals surface area (Å²) in [5, 5.41) is 12.6. The van der Waals surface area contributed by atoms with Gasteiger partial charge in [0.05, 0.1) is 0 Å². The van der Waals surface area contributed by atoms with Gasteiger partial charge in [0.1, 0.15) is 0 Å². The summed E-state index contributed by atoms with van der Waals surface area (Å²) in [6.07, 6.45) is -0.880. The molecule has 0 radical (unpaired) electrons. The number of hydrogen-bond acceptors (Lipinski definition) is 5. The van der Waals surface area contributed by atoms with Crippen LogP contribution in [-0.2, 0) is 4.79 Å². The normalized spacial score (nSPS) is 17.5. The molecule has 0 aliphatic carbocycles. The van der Waals surface area contributed by atoms with Crippen molar-refractivity contribution in [2.24, 2.45) is 26.4 Å². The Balaban J connectivity index is 2.62. The molecule has 0 aromatic rings. The van der Waals surface area contributed by atoms with Crippen molar-refractivity contribution in [2.45, 2.75) is 6.17 Å². The second kappa shape index (κ2) is 1.65. The lowest BCUT2D eigenvalue weighted by Gasteiger charge is -1.87. The standard InChI is InChI=1S/C2H3N5O/c3-1(8)2-4-6-7-5-2/h2H,(H2,3,8). The summed E-state index contributed by atoms with van der Waals surface area (Å²) in [4.78, 5) is 10.1. The van der Waals surface area contributed by atoms with Crippen LogP contribution < -0.4 is 5.73 Å². The van der Waals surface area contributed by atoms with E-state index >= 15 is 0 Å². The highest BCUT2D eigenvalue weighted by Gasteiger charge is 2.14. The van der Waals surface area contributed by atoms with E-state index in [9.17, 15) is 4.79 Å². The minimum Gasteiger partial charge on any atom is -0.366 e. The fraction of sp³-hybridized carbons (Fsp3) is 0.500. The van der Waals surface area contributed by atoms with Gasteiger partial charge in [-0.2, -0.15) is 0 Å². The number of hydrogen-bond donors (Lipinski definition) is 1. The predicted octanol–water partition coefficient (Wildman–Crippen LogP) is -0.369. The van der Waals surface area contributed by atoms with Gasteiger partial charge in [-0.1, -0.05) is 0 Å². The quantitative estimate of drug-likeness (QED) is 0.493. The van der Waals surface area contributed by atoms with Crippen molar-refractivity contribution < 1.29 is 4.79 Å². The third-order valence-electron chi connectivity index (χ3n) is 0.617. The molecule has 1 heterocycles. The molecule has 0 saturated carbocycles. The van der Waals surface area contributed by atoms with E-state index in [1.807, 2.05) is 0 Å². The number of carbonyl (C=O) groups excluding carboxylic acids is 1. The molecular weight excluding hydrogens is 110 g/mol. The first-order chi connectivity index (χ1) is 3.80. The molecule has 1 aliphatic heterocycles. The van der Waals surface area contributed by atoms with E-state index in [0.717, 1.165) is 0 Å². The molecule has 0 spiro atoms. The Hall–Kier alpha value is -1.33. The van der Waals surface area contributed by atoms with Gasteiger partial charge in [0, 0.05) is 0 Å². The molecule has 0 atom stereocenters. The molecule has 6 nitrogen and oxygen atoms in total. The summed E-state index contributed by atoms with van der Waals surface area (Å²) in [5.74, 6) is -0.630. The van der Waals surface area contributed by atoms with Gasteiger partial charge in [0.2, 0.25) is 0 Å². The Bertz CT molecular complexity index is 148. The third-order valence-corrected chi connectivity index (χ3v) is 0.617. The molecule has 8 heavy (non-hydrogen) atoms. The Morgan fingerprint density at radius 3 is 2.12 bits per heavy atom. The van der Waals surface area contributed by atoms with Crippen LogP contribution in [-0.4, -0.2) is 12.1 Å². The van der Waals surface area contributed by atoms with Gasteiger partial charge in [0.25, 0.3) is 12.1 Å². The number of carbonyl (C=O) groups is 1. The first kappa shape index (κ1) is 4.82. The Morgan fingerprint density at radius 1 is 1.38 bits per heavy atom. The van der Waals surface area contributed by atoms with Crippen molar-refractivity contribution in [3.63, 3.8) is 0 Å². The van der Waals surface area contributed by atoms with Crippen LogP contribution in [0.4, 0.5) is 0 Å². The summed E-state index contributed by atoms with van der Waals surface area (Å²) < 4.78 is 0. The van der Waals surface area contributed by atoms with E-state index in [-0.39, 0.29) is 0 Å². The second-order valence-electron chi connectivity index (χ2n) is 1.19. The molecule has 0 aromatic heterocycles. The van der Waals surface area contributed by atoms with Gasteiger partial charge in [-0.25, -0.2) is 0 Å². The van der Waals surface area contributed by atoms with Crippen molar-refractivity contribution in [3.8, 4) is 0 Å². The van der Waals surface area contributed by atoms with Crippen LogP contribution in [0.3, 0.4) is 0 Å². The van der Waals surface area contributed by atoms with Crippen molar-refractivity contribution in [1.82, 2.24) is 0 Å². The van der Waals surface area contributed by atoms with Crippen LogP contribution >= 0.6 is 0 Å². The molecular formula is C2H3N5O. The average Bonchev–Trinajstić information content (AvgIpc) is 2.12. The van der Waals surface area contributed by atoms with Crippen LogP contribution in [0.5, 0.6) is 0 Å². The lowest BCUT2D eigenvalue weighted by molar-refractivity contribution is -0.119. The highest BCUT2D eigenvalue weighted by molar-refractivity contribution is 5.79. The first-order valence-corrected chi connectivity index (χ1v) is 1.90. The van der Waals surface area contributed by atoms with E-state index in [1.165, 1.54) is 0 Å². The van der Waals surface area contributed by atoms with Crippen molar-refractivity contribution >= 4 is 5.91 Å². The smallest absolute Gasteiger partial charge is 0.268 e. The number of nitrogens with two attached hydrogens (primary N) is 1. The zero-order valence-electron chi connectivity index (χ0n) is 3.85. The molecule has 2 N–H and O–H groups in total. The second-order valence-corrected chi connectivity index (χ2v) is 1.19.